The first-order valence-corrected chi connectivity index (χ1v) is 3.15. The molecule has 0 radical (unpaired) electrons. The average Bonchev–Trinajstić information content (AvgIpc) is 2.17. The normalized spacial score (nSPS) is 6.25. The maximum Gasteiger partial charge on any atom is -0.124 e. The summed E-state index contributed by atoms with van der Waals surface area (Å²) < 4.78 is 1.56. The van der Waals surface area contributed by atoms with E-state index in [1.165, 1.54) is 0 Å². The minimum absolute atomic E-state index is 1.56. The molecule has 0 aromatic carbocycles. The van der Waals surface area contributed by atoms with Crippen LogP contribution in [-0.2, 0) is 15.6 Å². The largest absolute Gasteiger partial charge is 0.304 e. The maximum absolute atomic E-state index is 5.76. The third-order valence-corrected chi connectivity index (χ3v) is 0.944. The van der Waals surface area contributed by atoms with E-state index in [4.69, 9.17) is 5.41 Å². The standard InChI is InChI=1S/C4H3S.CHN.Cu/c1-2-4-5-3-1;1-2;/h1-3H;2H;/q-1;;. The van der Waals surface area contributed by atoms with Gasteiger partial charge in [0.25, 0.3) is 0 Å². The third-order valence-electron chi connectivity index (χ3n) is 0.379. The number of thiophene rings is 1. The molecule has 1 rings (SSSR count). The van der Waals surface area contributed by atoms with Gasteiger partial charge in [0.15, 0.2) is 0 Å². The van der Waals surface area contributed by atoms with Gasteiger partial charge in [0.2, 0.25) is 0 Å². The Labute approximate surface area is 60.2 Å². The van der Waals surface area contributed by atoms with Crippen molar-refractivity contribution in [3.8, 4) is 0 Å². The second-order valence-electron chi connectivity index (χ2n) is 0.806. The minimum atomic E-state index is 1.56. The molecule has 0 saturated carbocycles. The molecule has 1 aromatic rings. The Balaban J connectivity index is 0.000000145. The summed E-state index contributed by atoms with van der Waals surface area (Å²) in [5.41, 5.74) is 0. The molecule has 0 atom stereocenters. The molecule has 3 heteroatoms. The van der Waals surface area contributed by atoms with Crippen LogP contribution < -0.4 is 0 Å². The summed E-state index contributed by atoms with van der Waals surface area (Å²) in [5, 5.41) is 10.7. The van der Waals surface area contributed by atoms with E-state index in [1.807, 2.05) is 17.5 Å². The maximum atomic E-state index is 5.76. The summed E-state index contributed by atoms with van der Waals surface area (Å²) in [6, 6.07) is 3.86. The van der Waals surface area contributed by atoms with Crippen molar-refractivity contribution in [3.63, 3.8) is 0 Å². The van der Waals surface area contributed by atoms with Gasteiger partial charge in [-0.15, -0.1) is 5.38 Å². The molecule has 0 aliphatic carbocycles. The Morgan fingerprint density at radius 2 is 2.38 bits per heavy atom. The van der Waals surface area contributed by atoms with Crippen molar-refractivity contribution >= 4 is 16.1 Å². The average molecular weight is 174 g/mol. The Bertz CT molecular complexity index is 124. The Hall–Kier alpha value is -0.201. The van der Waals surface area contributed by atoms with Gasteiger partial charge in [-0.25, -0.2) is 6.07 Å². The van der Waals surface area contributed by atoms with Crippen LogP contribution in [0.15, 0.2) is 17.5 Å². The molecule has 0 fully saturated rings. The molecular weight excluding hydrogens is 170 g/mol. The molecule has 0 amide bonds. The second kappa shape index (κ2) is 6.80. The predicted octanol–water partition coefficient (Wildman–Crippen LogP) is 1.57. The molecule has 0 saturated heterocycles. The number of rotatable bonds is 0. The summed E-state index contributed by atoms with van der Waals surface area (Å²) >= 11 is 5.51. The van der Waals surface area contributed by atoms with Gasteiger partial charge in [-0.1, -0.05) is 0 Å². The molecule has 0 bridgehead atoms. The molecule has 0 spiro atoms. The van der Waals surface area contributed by atoms with Crippen molar-refractivity contribution in [3.05, 3.63) is 22.9 Å². The van der Waals surface area contributed by atoms with Gasteiger partial charge in [-0.2, -0.15) is 11.4 Å². The van der Waals surface area contributed by atoms with Crippen molar-refractivity contribution in [2.24, 2.45) is 0 Å². The van der Waals surface area contributed by atoms with Crippen molar-refractivity contribution in [2.45, 2.75) is 0 Å². The van der Waals surface area contributed by atoms with Crippen LogP contribution in [0.1, 0.15) is 0 Å². The topological polar surface area (TPSA) is 23.9 Å². The van der Waals surface area contributed by atoms with E-state index in [0.717, 1.165) is 0 Å². The number of hydrogen-bond acceptors (Lipinski definition) is 2. The number of nitrogens with one attached hydrogen (secondary N) is 1. The summed E-state index contributed by atoms with van der Waals surface area (Å²) in [5.74, 6) is 0. The quantitative estimate of drug-likeness (QED) is 0.350. The van der Waals surface area contributed by atoms with Crippen molar-refractivity contribution < 1.29 is 15.6 Å². The van der Waals surface area contributed by atoms with Crippen LogP contribution in [0.2, 0.25) is 0 Å². The summed E-state index contributed by atoms with van der Waals surface area (Å²) in [7, 11) is 0. The van der Waals surface area contributed by atoms with Gasteiger partial charge in [0.1, 0.15) is 0 Å². The van der Waals surface area contributed by atoms with Crippen LogP contribution in [-0.4, -0.2) is 4.71 Å². The summed E-state index contributed by atoms with van der Waals surface area (Å²) in [6.07, 6.45) is 0. The van der Waals surface area contributed by atoms with Gasteiger partial charge in [0, 0.05) is 0 Å². The zero-order valence-electron chi connectivity index (χ0n) is 3.94. The molecule has 8 heavy (non-hydrogen) atoms. The van der Waals surface area contributed by atoms with Crippen LogP contribution in [0, 0.1) is 10.8 Å². The van der Waals surface area contributed by atoms with Crippen LogP contribution >= 0.6 is 11.3 Å². The van der Waals surface area contributed by atoms with Crippen molar-refractivity contribution in [1.82, 2.24) is 0 Å². The zero-order valence-corrected chi connectivity index (χ0v) is 5.70. The minimum Gasteiger partial charge on any atom is -0.304 e. The van der Waals surface area contributed by atoms with Crippen LogP contribution in [0.5, 0.6) is 0 Å². The van der Waals surface area contributed by atoms with E-state index >= 15 is 0 Å². The van der Waals surface area contributed by atoms with Gasteiger partial charge in [-0.05, 0) is 0 Å². The molecule has 1 N–H and O–H groups in total. The van der Waals surface area contributed by atoms with Crippen LogP contribution in [0.3, 0.4) is 0 Å². The SMILES string of the molecule is N=[C]=[Cu].[c-]1cccs1. The fourth-order valence-corrected chi connectivity index (χ4v) is 0.589. The third kappa shape index (κ3) is 5.80. The monoisotopic (exact) mass is 173 g/mol. The van der Waals surface area contributed by atoms with Crippen molar-refractivity contribution in [1.29, 1.82) is 5.41 Å². The van der Waals surface area contributed by atoms with Gasteiger partial charge in [-0.3, -0.25) is 0 Å². The Morgan fingerprint density at radius 1 is 1.75 bits per heavy atom. The fourth-order valence-electron chi connectivity index (χ4n) is 0.196. The van der Waals surface area contributed by atoms with E-state index in [9.17, 15) is 0 Å². The van der Waals surface area contributed by atoms with E-state index in [1.54, 1.807) is 16.1 Å². The first kappa shape index (κ1) is 7.80. The molecule has 1 aromatic heterocycles. The predicted molar refractivity (Wildman–Crippen MR) is 30.9 cm³/mol. The molecule has 47 valence electrons. The molecular formula is C5H4CuNS-. The molecule has 1 nitrogen and oxygen atoms in total. The first-order chi connectivity index (χ1) is 3.91. The van der Waals surface area contributed by atoms with Gasteiger partial charge < -0.3 is 11.3 Å². The van der Waals surface area contributed by atoms with Crippen molar-refractivity contribution in [2.75, 3.05) is 0 Å². The van der Waals surface area contributed by atoms with E-state index < -0.39 is 0 Å². The molecule has 0 aliphatic rings. The summed E-state index contributed by atoms with van der Waals surface area (Å²) in [4.78, 5) is 0. The number of hydrogen-bond donors (Lipinski definition) is 1. The Kier molecular flexibility index (Phi) is 6.63. The van der Waals surface area contributed by atoms with E-state index in [0.29, 0.717) is 0 Å². The van der Waals surface area contributed by atoms with Crippen LogP contribution in [0.25, 0.3) is 0 Å². The summed E-state index contributed by atoms with van der Waals surface area (Å²) in [6.45, 7) is 0. The van der Waals surface area contributed by atoms with Gasteiger partial charge in [0.05, 0.1) is 0 Å². The second-order valence-corrected chi connectivity index (χ2v) is 1.79. The zero-order chi connectivity index (χ0) is 6.24. The smallest absolute Gasteiger partial charge is 0.124 e. The molecule has 1 heterocycles. The molecule has 0 unspecified atom stereocenters. The fraction of sp³-hybridized carbons (Fsp3) is 0. The first-order valence-electron chi connectivity index (χ1n) is 1.80. The van der Waals surface area contributed by atoms with E-state index in [-0.39, 0.29) is 0 Å². The van der Waals surface area contributed by atoms with E-state index in [2.05, 4.69) is 21.0 Å². The van der Waals surface area contributed by atoms with Gasteiger partial charge >= 0.3 is 25.7 Å². The molecule has 0 aliphatic heterocycles. The Morgan fingerprint density at radius 3 is 2.50 bits per heavy atom. The van der Waals surface area contributed by atoms with Crippen LogP contribution in [0.4, 0.5) is 0 Å².